The zero-order chi connectivity index (χ0) is 25.9. The Morgan fingerprint density at radius 3 is 1.64 bits per heavy atom. The van der Waals surface area contributed by atoms with E-state index >= 15 is 0 Å². The third-order valence-corrected chi connectivity index (χ3v) is 11.4. The molecule has 3 aromatic carbocycles. The second-order valence-electron chi connectivity index (χ2n) is 8.72. The molecule has 0 aliphatic carbocycles. The first-order valence-corrected chi connectivity index (χ1v) is 14.5. The van der Waals surface area contributed by atoms with E-state index in [1.807, 2.05) is 91.0 Å². The number of carboxylic acid groups (broad SMARTS) is 1. The van der Waals surface area contributed by atoms with Gasteiger partial charge in [0, 0.05) is 13.3 Å². The fourth-order valence-corrected chi connectivity index (χ4v) is 9.61. The number of alkyl halides is 1. The van der Waals surface area contributed by atoms with Crippen molar-refractivity contribution in [1.82, 2.24) is 4.90 Å². The Labute approximate surface area is 218 Å². The van der Waals surface area contributed by atoms with E-state index in [2.05, 4.69) is 15.9 Å². The van der Waals surface area contributed by atoms with E-state index in [4.69, 9.17) is 0 Å². The monoisotopic (exact) mass is 567 g/mol. The van der Waals surface area contributed by atoms with Crippen molar-refractivity contribution in [3.8, 4) is 0 Å². The fraction of sp³-hybridized carbons (Fsp3) is 0.214. The van der Waals surface area contributed by atoms with Gasteiger partial charge in [-0.3, -0.25) is 9.59 Å². The van der Waals surface area contributed by atoms with Crippen molar-refractivity contribution >= 4 is 61.8 Å². The first-order chi connectivity index (χ1) is 17.3. The van der Waals surface area contributed by atoms with Crippen molar-refractivity contribution in [2.45, 2.75) is 25.5 Å². The lowest BCUT2D eigenvalue weighted by molar-refractivity contribution is -0.157. The van der Waals surface area contributed by atoms with Crippen molar-refractivity contribution in [2.75, 3.05) is 5.33 Å². The van der Waals surface area contributed by atoms with E-state index in [9.17, 15) is 24.6 Å². The molecule has 3 aromatic rings. The number of nitrogens with zero attached hydrogens (tertiary/aromatic N) is 1. The summed E-state index contributed by atoms with van der Waals surface area (Å²) >= 11 is 3.17. The highest BCUT2D eigenvalue weighted by Gasteiger charge is 2.55. The number of benzene rings is 3. The van der Waals surface area contributed by atoms with Crippen LogP contribution in [0.4, 0.5) is 0 Å². The van der Waals surface area contributed by atoms with Crippen LogP contribution in [0.2, 0.25) is 0 Å². The lowest BCUT2D eigenvalue weighted by atomic mass is 9.80. The van der Waals surface area contributed by atoms with E-state index < -0.39 is 36.8 Å². The maximum Gasteiger partial charge on any atom is 0.353 e. The number of hydrogen-bond donors (Lipinski definition) is 2. The quantitative estimate of drug-likeness (QED) is 0.235. The van der Waals surface area contributed by atoms with Crippen LogP contribution in [0, 0.1) is 5.92 Å². The van der Waals surface area contributed by atoms with Gasteiger partial charge in [0.15, 0.2) is 0 Å². The molecule has 1 saturated heterocycles. The van der Waals surface area contributed by atoms with Gasteiger partial charge in [0.2, 0.25) is 5.91 Å². The molecule has 1 fully saturated rings. The summed E-state index contributed by atoms with van der Waals surface area (Å²) in [7, 11) is 0. The topological polar surface area (TPSA) is 94.9 Å². The summed E-state index contributed by atoms with van der Waals surface area (Å²) in [4.78, 5) is 40.6. The number of amides is 1. The van der Waals surface area contributed by atoms with Crippen molar-refractivity contribution in [2.24, 2.45) is 5.92 Å². The van der Waals surface area contributed by atoms with Gasteiger partial charge in [0.25, 0.3) is 0 Å². The van der Waals surface area contributed by atoms with Crippen LogP contribution in [0.1, 0.15) is 13.3 Å². The number of aliphatic hydroxyl groups is 1. The molecule has 1 heterocycles. The molecule has 36 heavy (non-hydrogen) atoms. The second-order valence-corrected chi connectivity index (χ2v) is 12.6. The largest absolute Gasteiger partial charge is 0.477 e. The summed E-state index contributed by atoms with van der Waals surface area (Å²) in [6, 6.07) is 27.4. The molecule has 0 radical (unpaired) electrons. The molecule has 8 heteroatoms. The summed E-state index contributed by atoms with van der Waals surface area (Å²) in [5, 5.41) is 23.6. The summed E-state index contributed by atoms with van der Waals surface area (Å²) in [6.07, 6.45) is -1.07. The van der Waals surface area contributed by atoms with Crippen LogP contribution in [0.3, 0.4) is 0 Å². The molecule has 0 spiro atoms. The predicted octanol–water partition coefficient (Wildman–Crippen LogP) is 2.76. The van der Waals surface area contributed by atoms with Crippen molar-refractivity contribution < 1.29 is 24.6 Å². The Morgan fingerprint density at radius 1 is 0.889 bits per heavy atom. The summed E-state index contributed by atoms with van der Waals surface area (Å²) in [6.45, 7) is -1.61. The number of carbonyl (C=O) groups is 3. The van der Waals surface area contributed by atoms with Gasteiger partial charge in [0.1, 0.15) is 11.2 Å². The molecule has 0 bridgehead atoms. The molecule has 1 aliphatic rings. The number of aliphatic carboxylic acids is 1. The summed E-state index contributed by atoms with van der Waals surface area (Å²) < 4.78 is 0. The molecule has 6 nitrogen and oxygen atoms in total. The van der Waals surface area contributed by atoms with Crippen molar-refractivity contribution in [3.63, 3.8) is 0 Å². The third kappa shape index (κ3) is 4.47. The van der Waals surface area contributed by atoms with Crippen LogP contribution < -0.4 is 15.9 Å². The van der Waals surface area contributed by atoms with Crippen molar-refractivity contribution in [1.29, 1.82) is 0 Å². The van der Waals surface area contributed by atoms with Gasteiger partial charge in [-0.2, -0.15) is 0 Å². The molecule has 1 unspecified atom stereocenters. The lowest BCUT2D eigenvalue weighted by Gasteiger charge is -2.50. The fourth-order valence-electron chi connectivity index (χ4n) is 5.04. The van der Waals surface area contributed by atoms with Crippen LogP contribution in [-0.4, -0.2) is 55.7 Å². The first kappa shape index (κ1) is 26.1. The molecule has 4 rings (SSSR count). The van der Waals surface area contributed by atoms with Crippen LogP contribution in [0.15, 0.2) is 91.0 Å². The second kappa shape index (κ2) is 11.0. The molecule has 0 saturated carbocycles. The van der Waals surface area contributed by atoms with Gasteiger partial charge in [-0.25, -0.2) is 4.79 Å². The van der Waals surface area contributed by atoms with E-state index in [-0.39, 0.29) is 23.0 Å². The Morgan fingerprint density at radius 2 is 1.31 bits per heavy atom. The van der Waals surface area contributed by atoms with Crippen LogP contribution in [0.25, 0.3) is 0 Å². The Bertz CT molecular complexity index is 1210. The zero-order valence-electron chi connectivity index (χ0n) is 19.7. The van der Waals surface area contributed by atoms with E-state index in [0.29, 0.717) is 0 Å². The number of aliphatic hydroxyl groups excluding tert-OH is 1. The maximum atomic E-state index is 13.5. The van der Waals surface area contributed by atoms with Crippen LogP contribution >= 0.6 is 22.8 Å². The van der Waals surface area contributed by atoms with Gasteiger partial charge in [0.05, 0.1) is 23.4 Å². The van der Waals surface area contributed by atoms with Gasteiger partial charge in [-0.05, 0) is 22.8 Å². The standard InChI is InChI=1S/C28H27BrNO5P/c1-19(31)25-24(17-20(32)18-29)30(26(25)33)27(28(34)35)36(21-11-5-2-6-12-21,22-13-7-3-8-14-22)23-15-9-4-10-16-23/h2-16,19,24-25,31H,17-18H2,1H3,(H,34,35)/t19?,24-,25-/m1/s1. The number of likely N-dealkylation sites (tertiary alicyclic amines) is 1. The number of Topliss-reactive ketones (excluding diaryl/α,β-unsaturated/α-hetero) is 1. The zero-order valence-corrected chi connectivity index (χ0v) is 22.2. The van der Waals surface area contributed by atoms with Gasteiger partial charge < -0.3 is 15.1 Å². The molecule has 1 amide bonds. The van der Waals surface area contributed by atoms with Crippen LogP contribution in [-0.2, 0) is 14.4 Å². The van der Waals surface area contributed by atoms with E-state index in [1.54, 1.807) is 0 Å². The van der Waals surface area contributed by atoms with Crippen LogP contribution in [0.5, 0.6) is 0 Å². The van der Waals surface area contributed by atoms with E-state index in [0.717, 1.165) is 15.9 Å². The Balaban J connectivity index is 2.16. The van der Waals surface area contributed by atoms with Crippen molar-refractivity contribution in [3.05, 3.63) is 91.0 Å². The Kier molecular flexibility index (Phi) is 7.94. The number of rotatable bonds is 9. The normalized spacial score (nSPS) is 18.3. The molecule has 3 atom stereocenters. The average Bonchev–Trinajstić information content (AvgIpc) is 2.89. The molecule has 1 aliphatic heterocycles. The highest BCUT2D eigenvalue weighted by atomic mass is 79.9. The smallest absolute Gasteiger partial charge is 0.353 e. The minimum atomic E-state index is -3.11. The number of β-lactam (4-membered cyclic amide) rings is 1. The van der Waals surface area contributed by atoms with E-state index in [1.165, 1.54) is 11.8 Å². The van der Waals surface area contributed by atoms with Gasteiger partial charge in [-0.15, -0.1) is 0 Å². The summed E-state index contributed by atoms with van der Waals surface area (Å²) in [5.41, 5.74) is -0.0552. The maximum absolute atomic E-state index is 13.5. The first-order valence-electron chi connectivity index (χ1n) is 11.6. The molecule has 0 aromatic heterocycles. The Hall–Kier alpha value is -2.99. The summed E-state index contributed by atoms with van der Waals surface area (Å²) in [5.74, 6) is -2.74. The molecule has 186 valence electrons. The number of carbonyl (C=O) groups excluding carboxylic acids is 2. The molecular formula is C28H27BrNO5P. The van der Waals surface area contributed by atoms with Gasteiger partial charge in [-0.1, -0.05) is 107 Å². The lowest BCUT2D eigenvalue weighted by Crippen LogP contribution is -2.68. The molecule has 2 N–H and O–H groups in total. The average molecular weight is 568 g/mol. The predicted molar refractivity (Wildman–Crippen MR) is 147 cm³/mol. The minimum Gasteiger partial charge on any atom is -0.477 e. The highest BCUT2D eigenvalue weighted by molar-refractivity contribution is 9.09. The SMILES string of the molecule is CC(O)[C@H]1C(=O)N(C(C(=O)O)=P(c2ccccc2)(c2ccccc2)c2ccccc2)[C@@H]1CC(=O)CBr. The minimum absolute atomic E-state index is 0.0539. The number of halogens is 1. The number of carboxylic acids is 1. The number of hydrogen-bond acceptors (Lipinski definition) is 4. The molecular weight excluding hydrogens is 541 g/mol. The highest BCUT2D eigenvalue weighted by Crippen LogP contribution is 2.49. The van der Waals surface area contributed by atoms with Gasteiger partial charge >= 0.3 is 5.97 Å². The third-order valence-electron chi connectivity index (χ3n) is 6.54. The number of ketones is 1.